The number of nitrogens with zero attached hydrogens (tertiary/aromatic N) is 2. The Labute approximate surface area is 164 Å². The fraction of sp³-hybridized carbons (Fsp3) is 0.450. The molecule has 0 unspecified atom stereocenters. The first-order valence-corrected chi connectivity index (χ1v) is 9.42. The van der Waals surface area contributed by atoms with Crippen molar-refractivity contribution >= 4 is 5.91 Å². The first kappa shape index (κ1) is 20.0. The number of nitrogens with two attached hydrogens (primary N) is 1. The molecule has 28 heavy (non-hydrogen) atoms. The zero-order valence-corrected chi connectivity index (χ0v) is 16.0. The van der Waals surface area contributed by atoms with Crippen LogP contribution in [0.5, 0.6) is 17.4 Å². The number of carbonyl (C=O) groups is 1. The summed E-state index contributed by atoms with van der Waals surface area (Å²) in [6.45, 7) is 3.51. The van der Waals surface area contributed by atoms with E-state index in [1.54, 1.807) is 7.11 Å². The molecule has 1 aliphatic rings. The van der Waals surface area contributed by atoms with E-state index in [0.717, 1.165) is 50.6 Å². The zero-order valence-electron chi connectivity index (χ0n) is 16.0. The highest BCUT2D eigenvalue weighted by Gasteiger charge is 2.13. The van der Waals surface area contributed by atoms with Gasteiger partial charge in [-0.3, -0.25) is 4.79 Å². The second-order valence-electron chi connectivity index (χ2n) is 6.73. The Hall–Kier alpha value is -2.71. The van der Waals surface area contributed by atoms with Gasteiger partial charge in [-0.25, -0.2) is 0 Å². The van der Waals surface area contributed by atoms with Gasteiger partial charge in [0.15, 0.2) is 17.2 Å². The summed E-state index contributed by atoms with van der Waals surface area (Å²) >= 11 is 0. The summed E-state index contributed by atoms with van der Waals surface area (Å²) < 4.78 is 16.5. The van der Waals surface area contributed by atoms with Gasteiger partial charge >= 0.3 is 0 Å². The van der Waals surface area contributed by atoms with E-state index in [1.165, 1.54) is 18.6 Å². The fourth-order valence-electron chi connectivity index (χ4n) is 3.10. The number of methoxy groups -OCH3 is 1. The van der Waals surface area contributed by atoms with Crippen molar-refractivity contribution in [1.29, 1.82) is 0 Å². The molecule has 1 aliphatic heterocycles. The zero-order chi connectivity index (χ0) is 19.8. The maximum absolute atomic E-state index is 11.1. The van der Waals surface area contributed by atoms with Crippen molar-refractivity contribution in [3.05, 3.63) is 41.6 Å². The van der Waals surface area contributed by atoms with E-state index in [4.69, 9.17) is 19.9 Å². The van der Waals surface area contributed by atoms with Crippen LogP contribution >= 0.6 is 0 Å². The van der Waals surface area contributed by atoms with Crippen LogP contribution in [0.2, 0.25) is 0 Å². The molecule has 3 N–H and O–H groups in total. The van der Waals surface area contributed by atoms with E-state index in [-0.39, 0.29) is 11.6 Å². The van der Waals surface area contributed by atoms with Crippen molar-refractivity contribution in [1.82, 2.24) is 15.5 Å². The molecule has 8 nitrogen and oxygen atoms in total. The first-order chi connectivity index (χ1) is 13.7. The molecule has 0 spiro atoms. The fourth-order valence-corrected chi connectivity index (χ4v) is 3.10. The highest BCUT2D eigenvalue weighted by atomic mass is 16.5. The minimum Gasteiger partial charge on any atom is -0.493 e. The molecule has 1 aromatic heterocycles. The number of hydrogen-bond donors (Lipinski definition) is 2. The van der Waals surface area contributed by atoms with Crippen LogP contribution in [0.3, 0.4) is 0 Å². The molecule has 1 amide bonds. The second-order valence-corrected chi connectivity index (χ2v) is 6.73. The van der Waals surface area contributed by atoms with Crippen molar-refractivity contribution in [2.45, 2.75) is 25.8 Å². The molecular weight excluding hydrogens is 360 g/mol. The quantitative estimate of drug-likeness (QED) is 0.636. The third kappa shape index (κ3) is 5.64. The maximum Gasteiger partial charge on any atom is 0.269 e. The molecular formula is C20H26N4O4. The predicted octanol–water partition coefficient (Wildman–Crippen LogP) is 2.28. The lowest BCUT2D eigenvalue weighted by atomic mass is 9.97. The highest BCUT2D eigenvalue weighted by Crippen LogP contribution is 2.31. The van der Waals surface area contributed by atoms with Gasteiger partial charge in [0.25, 0.3) is 5.91 Å². The average molecular weight is 386 g/mol. The summed E-state index contributed by atoms with van der Waals surface area (Å²) in [6.07, 6.45) is 3.48. The highest BCUT2D eigenvalue weighted by molar-refractivity contribution is 5.90. The van der Waals surface area contributed by atoms with Crippen molar-refractivity contribution in [3.8, 4) is 17.4 Å². The van der Waals surface area contributed by atoms with Gasteiger partial charge < -0.3 is 25.3 Å². The van der Waals surface area contributed by atoms with Crippen LogP contribution in [0.15, 0.2) is 30.3 Å². The van der Waals surface area contributed by atoms with E-state index < -0.39 is 5.91 Å². The molecule has 150 valence electrons. The van der Waals surface area contributed by atoms with Gasteiger partial charge in [0.1, 0.15) is 0 Å². The van der Waals surface area contributed by atoms with E-state index in [1.807, 2.05) is 18.2 Å². The Morgan fingerprint density at radius 2 is 2.04 bits per heavy atom. The summed E-state index contributed by atoms with van der Waals surface area (Å²) in [6, 6.07) is 8.75. The number of benzene rings is 1. The average Bonchev–Trinajstić information content (AvgIpc) is 2.73. The summed E-state index contributed by atoms with van der Waals surface area (Å²) in [4.78, 5) is 11.1. The second kappa shape index (κ2) is 10.0. The summed E-state index contributed by atoms with van der Waals surface area (Å²) in [5.41, 5.74) is 6.34. The molecule has 0 atom stereocenters. The van der Waals surface area contributed by atoms with Crippen molar-refractivity contribution in [3.63, 3.8) is 0 Å². The number of carbonyl (C=O) groups excluding carboxylic acids is 1. The van der Waals surface area contributed by atoms with Crippen LogP contribution in [-0.2, 0) is 11.3 Å². The van der Waals surface area contributed by atoms with Crippen molar-refractivity contribution < 1.29 is 19.0 Å². The van der Waals surface area contributed by atoms with Crippen LogP contribution in [0.1, 0.15) is 35.3 Å². The molecule has 0 saturated carbocycles. The topological polar surface area (TPSA) is 109 Å². The molecule has 2 aromatic rings. The van der Waals surface area contributed by atoms with Crippen LogP contribution < -0.4 is 20.5 Å². The largest absolute Gasteiger partial charge is 0.493 e. The van der Waals surface area contributed by atoms with Gasteiger partial charge in [-0.1, -0.05) is 6.07 Å². The Morgan fingerprint density at radius 3 is 2.71 bits per heavy atom. The van der Waals surface area contributed by atoms with Crippen LogP contribution in [-0.4, -0.2) is 43.0 Å². The molecule has 0 aliphatic carbocycles. The SMILES string of the molecule is COc1cc(CNCCC2CCOCC2)ccc1Oc1ccc(C(N)=O)nn1. The van der Waals surface area contributed by atoms with Gasteiger partial charge in [0, 0.05) is 25.8 Å². The van der Waals surface area contributed by atoms with Gasteiger partial charge in [-0.15, -0.1) is 10.2 Å². The normalized spacial score (nSPS) is 14.6. The molecule has 0 bridgehead atoms. The van der Waals surface area contributed by atoms with Crippen molar-refractivity contribution in [2.75, 3.05) is 26.9 Å². The Kier molecular flexibility index (Phi) is 7.16. The van der Waals surface area contributed by atoms with Crippen LogP contribution in [0.4, 0.5) is 0 Å². The lowest BCUT2D eigenvalue weighted by Gasteiger charge is -2.22. The number of rotatable bonds is 9. The van der Waals surface area contributed by atoms with Gasteiger partial charge in [0.05, 0.1) is 7.11 Å². The molecule has 3 rings (SSSR count). The lowest BCUT2D eigenvalue weighted by Crippen LogP contribution is -2.22. The summed E-state index contributed by atoms with van der Waals surface area (Å²) in [5, 5.41) is 11.1. The molecule has 1 fully saturated rings. The van der Waals surface area contributed by atoms with E-state index >= 15 is 0 Å². The summed E-state index contributed by atoms with van der Waals surface area (Å²) in [5.74, 6) is 1.50. The minimum atomic E-state index is -0.634. The van der Waals surface area contributed by atoms with E-state index in [2.05, 4.69) is 15.5 Å². The Bertz CT molecular complexity index is 776. The van der Waals surface area contributed by atoms with Crippen LogP contribution in [0, 0.1) is 5.92 Å². The predicted molar refractivity (Wildman–Crippen MR) is 103 cm³/mol. The molecule has 1 aromatic carbocycles. The number of hydrogen-bond acceptors (Lipinski definition) is 7. The third-order valence-electron chi connectivity index (χ3n) is 4.73. The smallest absolute Gasteiger partial charge is 0.269 e. The minimum absolute atomic E-state index is 0.0847. The van der Waals surface area contributed by atoms with Gasteiger partial charge in [-0.2, -0.15) is 0 Å². The standard InChI is InChI=1S/C20H26N4O4/c1-26-18-12-15(13-22-9-6-14-7-10-27-11-8-14)2-4-17(18)28-19-5-3-16(20(21)25)23-24-19/h2-5,12,14,22H,6-11,13H2,1H3,(H2,21,25). The van der Waals surface area contributed by atoms with Crippen molar-refractivity contribution in [2.24, 2.45) is 11.7 Å². The number of ether oxygens (including phenoxy) is 3. The number of aromatic nitrogens is 2. The molecule has 2 heterocycles. The molecule has 8 heteroatoms. The van der Waals surface area contributed by atoms with Crippen LogP contribution in [0.25, 0.3) is 0 Å². The van der Waals surface area contributed by atoms with E-state index in [0.29, 0.717) is 11.5 Å². The number of primary amides is 1. The van der Waals surface area contributed by atoms with Gasteiger partial charge in [-0.05, 0) is 55.5 Å². The number of nitrogens with one attached hydrogen (secondary N) is 1. The Morgan fingerprint density at radius 1 is 1.21 bits per heavy atom. The van der Waals surface area contributed by atoms with E-state index in [9.17, 15) is 4.79 Å². The molecule has 1 saturated heterocycles. The number of amides is 1. The lowest BCUT2D eigenvalue weighted by molar-refractivity contribution is 0.0639. The third-order valence-corrected chi connectivity index (χ3v) is 4.73. The first-order valence-electron chi connectivity index (χ1n) is 9.42. The molecule has 0 radical (unpaired) electrons. The summed E-state index contributed by atoms with van der Waals surface area (Å²) in [7, 11) is 1.59. The monoisotopic (exact) mass is 386 g/mol. The maximum atomic E-state index is 11.1. The Balaban J connectivity index is 1.53. The van der Waals surface area contributed by atoms with Gasteiger partial charge in [0.2, 0.25) is 5.88 Å².